The molecule has 90 valence electrons. The maximum Gasteiger partial charge on any atom is 0.136 e. The number of hydrogen-bond donors (Lipinski definition) is 0. The minimum Gasteiger partial charge on any atom is -0.457 e. The van der Waals surface area contributed by atoms with Crippen molar-refractivity contribution in [2.24, 2.45) is 0 Å². The van der Waals surface area contributed by atoms with Crippen molar-refractivity contribution in [3.05, 3.63) is 66.4 Å². The number of ether oxygens (including phenoxy) is 1. The number of aromatic nitrogens is 1. The van der Waals surface area contributed by atoms with Gasteiger partial charge in [0.2, 0.25) is 0 Å². The Hall–Kier alpha value is -2.86. The highest BCUT2D eigenvalue weighted by Crippen LogP contribution is 2.28. The molecule has 0 aliphatic carbocycles. The van der Waals surface area contributed by atoms with Gasteiger partial charge in [-0.15, -0.1) is 0 Å². The zero-order valence-corrected chi connectivity index (χ0v) is 10.1. The van der Waals surface area contributed by atoms with E-state index in [1.807, 2.05) is 30.3 Å². The topological polar surface area (TPSA) is 45.9 Å². The molecule has 0 bridgehead atoms. The molecule has 3 nitrogen and oxygen atoms in total. The molecule has 3 aromatic rings. The Morgan fingerprint density at radius 3 is 2.58 bits per heavy atom. The third-order valence-electron chi connectivity index (χ3n) is 2.82. The third-order valence-corrected chi connectivity index (χ3v) is 2.82. The minimum absolute atomic E-state index is 0.618. The number of nitriles is 1. The number of benzene rings is 2. The summed E-state index contributed by atoms with van der Waals surface area (Å²) in [6, 6.07) is 18.7. The number of fused-ring (bicyclic) bond motifs is 1. The molecule has 0 aliphatic rings. The van der Waals surface area contributed by atoms with Gasteiger partial charge in [-0.05, 0) is 48.5 Å². The second-order valence-electron chi connectivity index (χ2n) is 4.06. The third kappa shape index (κ3) is 2.24. The van der Waals surface area contributed by atoms with Crippen molar-refractivity contribution in [3.8, 4) is 17.6 Å². The van der Waals surface area contributed by atoms with Crippen LogP contribution in [-0.2, 0) is 0 Å². The molecule has 0 aliphatic heterocycles. The second-order valence-corrected chi connectivity index (χ2v) is 4.06. The Balaban J connectivity index is 1.99. The Labute approximate surface area is 110 Å². The van der Waals surface area contributed by atoms with E-state index in [9.17, 15) is 0 Å². The lowest BCUT2D eigenvalue weighted by Crippen LogP contribution is -1.87. The van der Waals surface area contributed by atoms with E-state index in [-0.39, 0.29) is 0 Å². The summed E-state index contributed by atoms with van der Waals surface area (Å²) in [6.45, 7) is 0. The molecule has 0 fully saturated rings. The van der Waals surface area contributed by atoms with Crippen LogP contribution in [0.5, 0.6) is 11.5 Å². The predicted octanol–water partition coefficient (Wildman–Crippen LogP) is 3.90. The molecule has 0 saturated carbocycles. The van der Waals surface area contributed by atoms with Gasteiger partial charge in [0.1, 0.15) is 11.5 Å². The van der Waals surface area contributed by atoms with E-state index in [0.29, 0.717) is 11.3 Å². The van der Waals surface area contributed by atoms with Gasteiger partial charge >= 0.3 is 0 Å². The van der Waals surface area contributed by atoms with E-state index in [1.54, 1.807) is 30.5 Å². The fourth-order valence-electron chi connectivity index (χ4n) is 1.89. The van der Waals surface area contributed by atoms with Crippen LogP contribution in [0.15, 0.2) is 60.8 Å². The first-order valence-electron chi connectivity index (χ1n) is 5.88. The summed E-state index contributed by atoms with van der Waals surface area (Å²) in [5.74, 6) is 1.46. The molecule has 3 rings (SSSR count). The number of pyridine rings is 1. The van der Waals surface area contributed by atoms with Gasteiger partial charge in [-0.2, -0.15) is 5.26 Å². The largest absolute Gasteiger partial charge is 0.457 e. The fourth-order valence-corrected chi connectivity index (χ4v) is 1.89. The monoisotopic (exact) mass is 246 g/mol. The summed E-state index contributed by atoms with van der Waals surface area (Å²) < 4.78 is 5.84. The van der Waals surface area contributed by atoms with Gasteiger partial charge < -0.3 is 4.74 Å². The van der Waals surface area contributed by atoms with Gasteiger partial charge in [0, 0.05) is 11.6 Å². The van der Waals surface area contributed by atoms with E-state index in [1.165, 1.54) is 0 Å². The molecule has 0 amide bonds. The van der Waals surface area contributed by atoms with Crippen LogP contribution >= 0.6 is 0 Å². The second kappa shape index (κ2) is 4.79. The van der Waals surface area contributed by atoms with Gasteiger partial charge in [-0.3, -0.25) is 4.98 Å². The number of rotatable bonds is 2. The lowest BCUT2D eigenvalue weighted by Gasteiger charge is -2.08. The van der Waals surface area contributed by atoms with E-state index in [0.717, 1.165) is 16.7 Å². The van der Waals surface area contributed by atoms with Crippen molar-refractivity contribution in [2.75, 3.05) is 0 Å². The first kappa shape index (κ1) is 11.2. The molecular formula is C16H10N2O. The van der Waals surface area contributed by atoms with Crippen LogP contribution in [0.2, 0.25) is 0 Å². The highest BCUT2D eigenvalue weighted by atomic mass is 16.5. The molecule has 3 heteroatoms. The Morgan fingerprint density at radius 2 is 1.79 bits per heavy atom. The zero-order valence-electron chi connectivity index (χ0n) is 10.1. The van der Waals surface area contributed by atoms with Crippen LogP contribution in [0.3, 0.4) is 0 Å². The molecule has 0 atom stereocenters. The molecule has 1 aromatic heterocycles. The highest BCUT2D eigenvalue weighted by Gasteiger charge is 2.03. The van der Waals surface area contributed by atoms with Crippen molar-refractivity contribution in [1.29, 1.82) is 5.26 Å². The Morgan fingerprint density at radius 1 is 0.947 bits per heavy atom. The molecule has 0 saturated heterocycles. The van der Waals surface area contributed by atoms with E-state index >= 15 is 0 Å². The van der Waals surface area contributed by atoms with Crippen molar-refractivity contribution in [2.45, 2.75) is 0 Å². The van der Waals surface area contributed by atoms with Gasteiger partial charge in [0.25, 0.3) is 0 Å². The maximum atomic E-state index is 8.76. The maximum absolute atomic E-state index is 8.76. The molecular weight excluding hydrogens is 236 g/mol. The van der Waals surface area contributed by atoms with Crippen LogP contribution < -0.4 is 4.74 Å². The van der Waals surface area contributed by atoms with Crippen LogP contribution in [0.25, 0.3) is 10.9 Å². The molecule has 2 aromatic carbocycles. The number of nitrogens with zero attached hydrogens (tertiary/aromatic N) is 2. The lowest BCUT2D eigenvalue weighted by molar-refractivity contribution is 0.488. The molecule has 0 spiro atoms. The van der Waals surface area contributed by atoms with E-state index < -0.39 is 0 Å². The Kier molecular flexibility index (Phi) is 2.83. The molecule has 0 unspecified atom stereocenters. The van der Waals surface area contributed by atoms with Crippen LogP contribution in [-0.4, -0.2) is 4.98 Å². The van der Waals surface area contributed by atoms with Crippen molar-refractivity contribution >= 4 is 10.9 Å². The Bertz CT molecular complexity index is 752. The molecule has 0 radical (unpaired) electrons. The quantitative estimate of drug-likeness (QED) is 0.688. The lowest BCUT2D eigenvalue weighted by atomic mass is 10.2. The SMILES string of the molecule is N#Cc1ccc(Oc2cccc3ncccc23)cc1. The average Bonchev–Trinajstić information content (AvgIpc) is 2.48. The summed E-state index contributed by atoms with van der Waals surface area (Å²) in [4.78, 5) is 4.29. The first-order valence-corrected chi connectivity index (χ1v) is 5.88. The van der Waals surface area contributed by atoms with Crippen molar-refractivity contribution in [3.63, 3.8) is 0 Å². The normalized spacial score (nSPS) is 10.1. The summed E-state index contributed by atoms with van der Waals surface area (Å²) >= 11 is 0. The van der Waals surface area contributed by atoms with Gasteiger partial charge in [-0.25, -0.2) is 0 Å². The predicted molar refractivity (Wildman–Crippen MR) is 73.0 cm³/mol. The van der Waals surface area contributed by atoms with Gasteiger partial charge in [0.05, 0.1) is 17.1 Å². The molecule has 19 heavy (non-hydrogen) atoms. The van der Waals surface area contributed by atoms with Crippen LogP contribution in [0.1, 0.15) is 5.56 Å². The number of hydrogen-bond acceptors (Lipinski definition) is 3. The summed E-state index contributed by atoms with van der Waals surface area (Å²) in [7, 11) is 0. The summed E-state index contributed by atoms with van der Waals surface area (Å²) in [5, 5.41) is 9.73. The molecule has 0 N–H and O–H groups in total. The van der Waals surface area contributed by atoms with E-state index in [2.05, 4.69) is 11.1 Å². The minimum atomic E-state index is 0.618. The summed E-state index contributed by atoms with van der Waals surface area (Å²) in [5.41, 5.74) is 1.51. The first-order chi connectivity index (χ1) is 9.36. The molecule has 1 heterocycles. The van der Waals surface area contributed by atoms with Crippen molar-refractivity contribution in [1.82, 2.24) is 4.98 Å². The zero-order chi connectivity index (χ0) is 13.1. The fraction of sp³-hybridized carbons (Fsp3) is 0. The van der Waals surface area contributed by atoms with Gasteiger partial charge in [-0.1, -0.05) is 6.07 Å². The summed E-state index contributed by atoms with van der Waals surface area (Å²) in [6.07, 6.45) is 1.76. The standard InChI is InChI=1S/C16H10N2O/c17-11-12-6-8-13(9-7-12)19-16-5-1-4-15-14(16)3-2-10-18-15/h1-10H. The van der Waals surface area contributed by atoms with Crippen LogP contribution in [0.4, 0.5) is 0 Å². The smallest absolute Gasteiger partial charge is 0.136 e. The van der Waals surface area contributed by atoms with Crippen molar-refractivity contribution < 1.29 is 4.74 Å². The van der Waals surface area contributed by atoms with E-state index in [4.69, 9.17) is 10.00 Å². The van der Waals surface area contributed by atoms with Crippen LogP contribution in [0, 0.1) is 11.3 Å². The highest BCUT2D eigenvalue weighted by molar-refractivity contribution is 5.85. The van der Waals surface area contributed by atoms with Gasteiger partial charge in [0.15, 0.2) is 0 Å². The average molecular weight is 246 g/mol.